The highest BCUT2D eigenvalue weighted by Gasteiger charge is 2.24. The van der Waals surface area contributed by atoms with Gasteiger partial charge in [-0.25, -0.2) is 0 Å². The lowest BCUT2D eigenvalue weighted by Crippen LogP contribution is -2.48. The lowest BCUT2D eigenvalue weighted by Gasteiger charge is -2.36. The van der Waals surface area contributed by atoms with E-state index in [0.29, 0.717) is 30.5 Å². The number of hydrogen-bond acceptors (Lipinski definition) is 6. The summed E-state index contributed by atoms with van der Waals surface area (Å²) in [5, 5.41) is 23.6. The second kappa shape index (κ2) is 9.34. The van der Waals surface area contributed by atoms with E-state index in [1.807, 2.05) is 30.4 Å². The fraction of sp³-hybridized carbons (Fsp3) is 0.435. The summed E-state index contributed by atoms with van der Waals surface area (Å²) in [4.78, 5) is 17.0. The summed E-state index contributed by atoms with van der Waals surface area (Å²) in [7, 11) is 1.69. The molecule has 0 unspecified atom stereocenters. The van der Waals surface area contributed by atoms with Crippen LogP contribution >= 0.6 is 0 Å². The van der Waals surface area contributed by atoms with Crippen molar-refractivity contribution in [3.63, 3.8) is 0 Å². The molecule has 8 nitrogen and oxygen atoms in total. The van der Waals surface area contributed by atoms with Crippen molar-refractivity contribution >= 4 is 11.6 Å². The van der Waals surface area contributed by atoms with Crippen LogP contribution in [-0.2, 0) is 24.2 Å². The van der Waals surface area contributed by atoms with Crippen molar-refractivity contribution in [1.29, 1.82) is 0 Å². The number of benzene rings is 1. The van der Waals surface area contributed by atoms with Crippen molar-refractivity contribution in [3.05, 3.63) is 47.5 Å². The topological polar surface area (TPSA) is 90.2 Å². The van der Waals surface area contributed by atoms with Gasteiger partial charge in [-0.15, -0.1) is 0 Å². The molecule has 166 valence electrons. The van der Waals surface area contributed by atoms with E-state index in [9.17, 15) is 15.0 Å². The highest BCUT2D eigenvalue weighted by Crippen LogP contribution is 2.36. The van der Waals surface area contributed by atoms with Gasteiger partial charge in [-0.05, 0) is 25.0 Å². The SMILES string of the molecule is COc1ccccc1N1CCN(CCNC(=O)Cn2c(O)c3c(c2O)CC=CC3)CC1. The highest BCUT2D eigenvalue weighted by atomic mass is 16.5. The van der Waals surface area contributed by atoms with E-state index in [1.54, 1.807) is 7.11 Å². The van der Waals surface area contributed by atoms with Gasteiger partial charge in [-0.1, -0.05) is 24.3 Å². The Morgan fingerprint density at radius 1 is 1.03 bits per heavy atom. The Labute approximate surface area is 182 Å². The Hall–Kier alpha value is -3.13. The van der Waals surface area contributed by atoms with Crippen LogP contribution in [0.25, 0.3) is 0 Å². The van der Waals surface area contributed by atoms with Crippen LogP contribution in [0.1, 0.15) is 11.1 Å². The zero-order valence-corrected chi connectivity index (χ0v) is 17.9. The van der Waals surface area contributed by atoms with Crippen molar-refractivity contribution in [3.8, 4) is 17.5 Å². The summed E-state index contributed by atoms with van der Waals surface area (Å²) in [6.45, 7) is 4.82. The molecule has 0 atom stereocenters. The number of aromatic hydroxyl groups is 2. The van der Waals surface area contributed by atoms with Crippen molar-refractivity contribution in [2.75, 3.05) is 51.3 Å². The molecule has 1 amide bonds. The number of aromatic nitrogens is 1. The number of ether oxygens (including phenoxy) is 1. The van der Waals surface area contributed by atoms with Gasteiger partial charge >= 0.3 is 0 Å². The number of para-hydroxylation sites is 2. The van der Waals surface area contributed by atoms with E-state index < -0.39 is 0 Å². The number of piperazine rings is 1. The van der Waals surface area contributed by atoms with Crippen LogP contribution in [-0.4, -0.2) is 72.0 Å². The first kappa shape index (κ1) is 21.1. The molecule has 0 bridgehead atoms. The smallest absolute Gasteiger partial charge is 0.240 e. The Kier molecular flexibility index (Phi) is 6.36. The monoisotopic (exact) mass is 426 g/mol. The maximum atomic E-state index is 12.4. The summed E-state index contributed by atoms with van der Waals surface area (Å²) in [6.07, 6.45) is 5.06. The third-order valence-electron chi connectivity index (χ3n) is 6.08. The van der Waals surface area contributed by atoms with Gasteiger partial charge < -0.3 is 25.2 Å². The Balaban J connectivity index is 1.23. The number of hydrogen-bond donors (Lipinski definition) is 3. The molecular weight excluding hydrogens is 396 g/mol. The van der Waals surface area contributed by atoms with Crippen molar-refractivity contribution in [2.24, 2.45) is 0 Å². The van der Waals surface area contributed by atoms with Gasteiger partial charge in [-0.2, -0.15) is 0 Å². The van der Waals surface area contributed by atoms with Crippen molar-refractivity contribution in [2.45, 2.75) is 19.4 Å². The first-order chi connectivity index (χ1) is 15.1. The minimum absolute atomic E-state index is 0.0144. The minimum Gasteiger partial charge on any atom is -0.495 e. The molecule has 0 spiro atoms. The van der Waals surface area contributed by atoms with Gasteiger partial charge in [0.2, 0.25) is 5.91 Å². The summed E-state index contributed by atoms with van der Waals surface area (Å²) in [6, 6.07) is 8.05. The summed E-state index contributed by atoms with van der Waals surface area (Å²) in [5.74, 6) is 0.634. The predicted molar refractivity (Wildman–Crippen MR) is 119 cm³/mol. The van der Waals surface area contributed by atoms with Gasteiger partial charge in [0.1, 0.15) is 12.3 Å². The predicted octanol–water partition coefficient (Wildman–Crippen LogP) is 1.50. The lowest BCUT2D eigenvalue weighted by atomic mass is 10.0. The van der Waals surface area contributed by atoms with Crippen molar-refractivity contribution < 1.29 is 19.7 Å². The lowest BCUT2D eigenvalue weighted by molar-refractivity contribution is -0.121. The molecule has 8 heteroatoms. The van der Waals surface area contributed by atoms with Crippen LogP contribution in [0.2, 0.25) is 0 Å². The molecule has 0 radical (unpaired) electrons. The molecule has 3 N–H and O–H groups in total. The Bertz CT molecular complexity index is 929. The maximum absolute atomic E-state index is 12.4. The van der Waals surface area contributed by atoms with Gasteiger partial charge in [0.15, 0.2) is 11.8 Å². The largest absolute Gasteiger partial charge is 0.495 e. The van der Waals surface area contributed by atoms with E-state index in [1.165, 1.54) is 4.57 Å². The van der Waals surface area contributed by atoms with Gasteiger partial charge in [-0.3, -0.25) is 14.3 Å². The highest BCUT2D eigenvalue weighted by molar-refractivity contribution is 5.76. The fourth-order valence-electron chi connectivity index (χ4n) is 4.33. The van der Waals surface area contributed by atoms with E-state index in [0.717, 1.165) is 44.2 Å². The second-order valence-electron chi connectivity index (χ2n) is 7.92. The third kappa shape index (κ3) is 4.49. The third-order valence-corrected chi connectivity index (χ3v) is 6.08. The number of methoxy groups -OCH3 is 1. The number of fused-ring (bicyclic) bond motifs is 1. The molecule has 2 heterocycles. The van der Waals surface area contributed by atoms with E-state index in [2.05, 4.69) is 21.2 Å². The molecule has 1 aromatic heterocycles. The molecule has 2 aromatic rings. The molecule has 1 fully saturated rings. The van der Waals surface area contributed by atoms with E-state index in [4.69, 9.17) is 4.74 Å². The number of rotatable bonds is 7. The van der Waals surface area contributed by atoms with Gasteiger partial charge in [0, 0.05) is 50.4 Å². The van der Waals surface area contributed by atoms with Crippen LogP contribution in [0.4, 0.5) is 5.69 Å². The zero-order valence-electron chi connectivity index (χ0n) is 17.9. The molecule has 1 aliphatic heterocycles. The molecule has 1 saturated heterocycles. The Morgan fingerprint density at radius 3 is 2.32 bits per heavy atom. The molecule has 2 aliphatic rings. The first-order valence-electron chi connectivity index (χ1n) is 10.7. The molecule has 0 saturated carbocycles. The quantitative estimate of drug-likeness (QED) is 0.582. The van der Waals surface area contributed by atoms with Crippen LogP contribution < -0.4 is 15.0 Å². The summed E-state index contributed by atoms with van der Waals surface area (Å²) < 4.78 is 6.76. The number of carbonyl (C=O) groups is 1. The number of anilines is 1. The molecule has 31 heavy (non-hydrogen) atoms. The zero-order chi connectivity index (χ0) is 21.8. The second-order valence-corrected chi connectivity index (χ2v) is 7.92. The van der Waals surface area contributed by atoms with E-state index >= 15 is 0 Å². The molecule has 4 rings (SSSR count). The number of allylic oxidation sites excluding steroid dienone is 2. The normalized spacial score (nSPS) is 16.2. The van der Waals surface area contributed by atoms with Gasteiger partial charge in [0.05, 0.1) is 12.8 Å². The fourth-order valence-corrected chi connectivity index (χ4v) is 4.33. The summed E-state index contributed by atoms with van der Waals surface area (Å²) >= 11 is 0. The van der Waals surface area contributed by atoms with E-state index in [-0.39, 0.29) is 24.2 Å². The van der Waals surface area contributed by atoms with Crippen LogP contribution in [0.3, 0.4) is 0 Å². The first-order valence-corrected chi connectivity index (χ1v) is 10.7. The number of amides is 1. The molecule has 1 aromatic carbocycles. The number of nitrogens with one attached hydrogen (secondary N) is 1. The maximum Gasteiger partial charge on any atom is 0.240 e. The van der Waals surface area contributed by atoms with Crippen LogP contribution in [0.15, 0.2) is 36.4 Å². The average molecular weight is 427 g/mol. The standard InChI is InChI=1S/C23H30N4O4/c1-31-20-9-5-4-8-19(20)26-14-12-25(13-15-26)11-10-24-21(28)16-27-22(29)17-6-2-3-7-18(17)23(27)30/h2-5,8-9,29-30H,6-7,10-16H2,1H3,(H,24,28). The summed E-state index contributed by atoms with van der Waals surface area (Å²) in [5.41, 5.74) is 2.53. The number of carbonyl (C=O) groups excluding carboxylic acids is 1. The molecule has 1 aliphatic carbocycles. The van der Waals surface area contributed by atoms with Crippen LogP contribution in [0.5, 0.6) is 17.5 Å². The minimum atomic E-state index is -0.224. The Morgan fingerprint density at radius 2 is 1.68 bits per heavy atom. The number of nitrogens with zero attached hydrogens (tertiary/aromatic N) is 3. The average Bonchev–Trinajstić information content (AvgIpc) is 3.04. The van der Waals surface area contributed by atoms with Gasteiger partial charge in [0.25, 0.3) is 0 Å². The van der Waals surface area contributed by atoms with Crippen molar-refractivity contribution in [1.82, 2.24) is 14.8 Å². The van der Waals surface area contributed by atoms with Crippen LogP contribution in [0, 0.1) is 0 Å². The molecular formula is C23H30N4O4.